The molecule has 0 radical (unpaired) electrons. The van der Waals surface area contributed by atoms with Gasteiger partial charge >= 0.3 is 0 Å². The molecule has 0 unspecified atom stereocenters. The quantitative estimate of drug-likeness (QED) is 0.525. The minimum atomic E-state index is -0.400. The highest BCUT2D eigenvalue weighted by atomic mass is 32.1. The predicted octanol–water partition coefficient (Wildman–Crippen LogP) is 2.38. The Morgan fingerprint density at radius 3 is 2.93 bits per heavy atom. The number of fused-ring (bicyclic) bond motifs is 2. The number of carbonyl (C=O) groups is 1. The minimum Gasteiger partial charge on any atom is -0.493 e. The lowest BCUT2D eigenvalue weighted by atomic mass is 10.1. The Morgan fingerprint density at radius 1 is 1.32 bits per heavy atom. The summed E-state index contributed by atoms with van der Waals surface area (Å²) in [6.07, 6.45) is 4.87. The molecule has 2 aliphatic rings. The number of thiazole rings is 1. The molecule has 0 saturated carbocycles. The summed E-state index contributed by atoms with van der Waals surface area (Å²) < 4.78 is 18.0. The molecule has 0 saturated heterocycles. The Balaban J connectivity index is 1.56. The highest BCUT2D eigenvalue weighted by molar-refractivity contribution is 7.73. The SMILES string of the molecule is O=C1N=c2cc3c(cc2=C/C1=C\c1sc(=S)n(Cc2ccco2)c1O)OCO3. The van der Waals surface area contributed by atoms with Gasteiger partial charge in [-0.3, -0.25) is 9.36 Å². The molecule has 0 fully saturated rings. The smallest absolute Gasteiger partial charge is 0.277 e. The van der Waals surface area contributed by atoms with Gasteiger partial charge in [0.25, 0.3) is 5.91 Å². The summed E-state index contributed by atoms with van der Waals surface area (Å²) in [5.74, 6) is 1.44. The summed E-state index contributed by atoms with van der Waals surface area (Å²) in [5, 5.41) is 11.8. The van der Waals surface area contributed by atoms with Crippen molar-refractivity contribution in [1.29, 1.82) is 0 Å². The van der Waals surface area contributed by atoms with Crippen molar-refractivity contribution in [3.8, 4) is 17.4 Å². The topological polar surface area (TPSA) is 86.2 Å². The van der Waals surface area contributed by atoms with E-state index in [2.05, 4.69) is 4.99 Å². The Morgan fingerprint density at radius 2 is 2.14 bits per heavy atom. The molecule has 1 aromatic carbocycles. The van der Waals surface area contributed by atoms with Crippen molar-refractivity contribution in [2.45, 2.75) is 6.54 Å². The monoisotopic (exact) mass is 412 g/mol. The lowest BCUT2D eigenvalue weighted by molar-refractivity contribution is -0.114. The molecular formula is C19H12N2O5S2. The molecule has 2 aromatic heterocycles. The average Bonchev–Trinajstić information content (AvgIpc) is 3.39. The summed E-state index contributed by atoms with van der Waals surface area (Å²) in [6.45, 7) is 0.459. The van der Waals surface area contributed by atoms with E-state index in [9.17, 15) is 9.90 Å². The Hall–Kier alpha value is -3.17. The Kier molecular flexibility index (Phi) is 3.92. The standard InChI is InChI=1S/C19H12N2O5S2/c22-17-11(4-10-5-14-15(26-9-25-14)7-13(10)20-17)6-16-18(23)21(19(27)28-16)8-12-2-1-3-24-12/h1-7,23H,8-9H2/b11-6+. The molecule has 0 spiro atoms. The number of aromatic nitrogens is 1. The second-order valence-corrected chi connectivity index (χ2v) is 7.82. The third kappa shape index (κ3) is 2.85. The zero-order chi connectivity index (χ0) is 19.3. The van der Waals surface area contributed by atoms with Crippen molar-refractivity contribution in [2.24, 2.45) is 4.99 Å². The van der Waals surface area contributed by atoms with E-state index in [4.69, 9.17) is 26.1 Å². The fourth-order valence-corrected chi connectivity index (χ4v) is 4.27. The summed E-state index contributed by atoms with van der Waals surface area (Å²) in [5.41, 5.74) is 0.350. The second kappa shape index (κ2) is 6.47. The highest BCUT2D eigenvalue weighted by Gasteiger charge is 2.19. The van der Waals surface area contributed by atoms with Crippen LogP contribution in [0.15, 0.2) is 45.5 Å². The maximum Gasteiger partial charge on any atom is 0.277 e. The van der Waals surface area contributed by atoms with Crippen LogP contribution in [-0.4, -0.2) is 22.4 Å². The van der Waals surface area contributed by atoms with Crippen LogP contribution < -0.4 is 20.0 Å². The van der Waals surface area contributed by atoms with Crippen molar-refractivity contribution in [3.63, 3.8) is 0 Å². The van der Waals surface area contributed by atoms with E-state index >= 15 is 0 Å². The maximum absolute atomic E-state index is 12.5. The number of nitrogens with zero attached hydrogens (tertiary/aromatic N) is 2. The van der Waals surface area contributed by atoms with Gasteiger partial charge < -0.3 is 19.0 Å². The van der Waals surface area contributed by atoms with Gasteiger partial charge in [0.2, 0.25) is 12.7 Å². The van der Waals surface area contributed by atoms with Gasteiger partial charge in [0.05, 0.1) is 23.0 Å². The highest BCUT2D eigenvalue weighted by Crippen LogP contribution is 2.31. The summed E-state index contributed by atoms with van der Waals surface area (Å²) in [6, 6.07) is 7.04. The van der Waals surface area contributed by atoms with Crippen molar-refractivity contribution in [2.75, 3.05) is 6.79 Å². The predicted molar refractivity (Wildman–Crippen MR) is 103 cm³/mol. The number of hydrogen-bond acceptors (Lipinski definition) is 7. The van der Waals surface area contributed by atoms with Crippen LogP contribution in [-0.2, 0) is 11.3 Å². The lowest BCUT2D eigenvalue weighted by Crippen LogP contribution is -2.30. The van der Waals surface area contributed by atoms with Gasteiger partial charge in [0, 0.05) is 16.9 Å². The molecule has 0 atom stereocenters. The van der Waals surface area contributed by atoms with E-state index in [1.165, 1.54) is 11.3 Å². The van der Waals surface area contributed by atoms with Crippen LogP contribution in [0.3, 0.4) is 0 Å². The van der Waals surface area contributed by atoms with E-state index in [1.54, 1.807) is 47.2 Å². The molecule has 9 heteroatoms. The van der Waals surface area contributed by atoms with Crippen LogP contribution in [0.1, 0.15) is 10.6 Å². The average molecular weight is 412 g/mol. The van der Waals surface area contributed by atoms with E-state index in [1.807, 2.05) is 0 Å². The largest absolute Gasteiger partial charge is 0.493 e. The lowest BCUT2D eigenvalue weighted by Gasteiger charge is -2.05. The number of ether oxygens (including phenoxy) is 2. The van der Waals surface area contributed by atoms with E-state index in [0.29, 0.717) is 43.6 Å². The van der Waals surface area contributed by atoms with Crippen molar-refractivity contribution in [3.05, 3.63) is 61.3 Å². The number of carbonyl (C=O) groups excluding carboxylic acids is 1. The molecule has 7 nitrogen and oxygen atoms in total. The molecule has 1 N–H and O–H groups in total. The van der Waals surface area contributed by atoms with E-state index in [0.717, 1.165) is 5.22 Å². The van der Waals surface area contributed by atoms with Gasteiger partial charge in [-0.2, -0.15) is 0 Å². The van der Waals surface area contributed by atoms with Crippen molar-refractivity contribution < 1.29 is 23.8 Å². The van der Waals surface area contributed by atoms with Gasteiger partial charge in [-0.1, -0.05) is 0 Å². The Labute approximate surface area is 167 Å². The molecule has 2 aliphatic heterocycles. The fourth-order valence-electron chi connectivity index (χ4n) is 3.01. The molecule has 0 bridgehead atoms. The number of furan rings is 1. The van der Waals surface area contributed by atoms with E-state index < -0.39 is 5.91 Å². The summed E-state index contributed by atoms with van der Waals surface area (Å²) in [4.78, 5) is 17.1. The third-order valence-corrected chi connectivity index (χ3v) is 5.76. The van der Waals surface area contributed by atoms with Crippen LogP contribution in [0.25, 0.3) is 12.2 Å². The van der Waals surface area contributed by atoms with Crippen LogP contribution in [0, 0.1) is 3.95 Å². The van der Waals surface area contributed by atoms with Gasteiger partial charge in [0.15, 0.2) is 15.5 Å². The number of aromatic hydroxyl groups is 1. The zero-order valence-corrected chi connectivity index (χ0v) is 15.9. The summed E-state index contributed by atoms with van der Waals surface area (Å²) in [7, 11) is 0. The minimum absolute atomic E-state index is 0.0171. The van der Waals surface area contributed by atoms with Gasteiger partial charge in [-0.25, -0.2) is 4.99 Å². The van der Waals surface area contributed by atoms with Gasteiger partial charge in [0.1, 0.15) is 5.76 Å². The van der Waals surface area contributed by atoms with Gasteiger partial charge in [-0.05, 0) is 42.6 Å². The first-order valence-electron chi connectivity index (χ1n) is 8.29. The molecule has 5 rings (SSSR count). The number of amides is 1. The zero-order valence-electron chi connectivity index (χ0n) is 14.2. The van der Waals surface area contributed by atoms with Crippen molar-refractivity contribution >= 4 is 41.6 Å². The Bertz CT molecular complexity index is 1320. The molecule has 140 valence electrons. The van der Waals surface area contributed by atoms with Crippen LogP contribution >= 0.6 is 23.6 Å². The molecule has 28 heavy (non-hydrogen) atoms. The first-order valence-corrected chi connectivity index (χ1v) is 9.52. The molecule has 3 aromatic rings. The van der Waals surface area contributed by atoms with Crippen LogP contribution in [0.4, 0.5) is 0 Å². The van der Waals surface area contributed by atoms with E-state index in [-0.39, 0.29) is 12.7 Å². The molecule has 1 amide bonds. The number of hydrogen-bond donors (Lipinski definition) is 1. The van der Waals surface area contributed by atoms with Crippen molar-refractivity contribution in [1.82, 2.24) is 4.57 Å². The first-order chi connectivity index (χ1) is 13.6. The second-order valence-electron chi connectivity index (χ2n) is 6.15. The summed E-state index contributed by atoms with van der Waals surface area (Å²) >= 11 is 6.56. The number of benzene rings is 1. The molecule has 4 heterocycles. The normalized spacial score (nSPS) is 16.0. The maximum atomic E-state index is 12.5. The molecular weight excluding hydrogens is 400 g/mol. The number of rotatable bonds is 3. The first kappa shape index (κ1) is 17.0. The van der Waals surface area contributed by atoms with Crippen LogP contribution in [0.2, 0.25) is 0 Å². The fraction of sp³-hybridized carbons (Fsp3) is 0.105. The van der Waals surface area contributed by atoms with Gasteiger partial charge in [-0.15, -0.1) is 11.3 Å². The molecule has 0 aliphatic carbocycles. The third-order valence-electron chi connectivity index (χ3n) is 4.38. The van der Waals surface area contributed by atoms with Crippen LogP contribution in [0.5, 0.6) is 17.4 Å².